The zero-order valence-electron chi connectivity index (χ0n) is 18.6. The fourth-order valence-electron chi connectivity index (χ4n) is 3.22. The zero-order chi connectivity index (χ0) is 24.2. The highest BCUT2D eigenvalue weighted by molar-refractivity contribution is 8.18. The Morgan fingerprint density at radius 1 is 1.15 bits per heavy atom. The van der Waals surface area contributed by atoms with E-state index in [1.54, 1.807) is 36.3 Å². The quantitative estimate of drug-likeness (QED) is 0.312. The van der Waals surface area contributed by atoms with E-state index in [1.165, 1.54) is 11.8 Å². The Hall–Kier alpha value is -2.95. The summed E-state index contributed by atoms with van der Waals surface area (Å²) in [5, 5.41) is 9.86. The molecule has 0 radical (unpaired) electrons. The van der Waals surface area contributed by atoms with E-state index in [9.17, 15) is 4.79 Å². The number of ether oxygens (including phenoxy) is 3. The summed E-state index contributed by atoms with van der Waals surface area (Å²) in [7, 11) is 1.60. The lowest BCUT2D eigenvalue weighted by Gasteiger charge is -2.23. The molecule has 0 saturated heterocycles. The molecule has 0 atom stereocenters. The van der Waals surface area contributed by atoms with E-state index < -0.39 is 5.91 Å². The van der Waals surface area contributed by atoms with Crippen LogP contribution < -0.4 is 14.2 Å². The van der Waals surface area contributed by atoms with Gasteiger partial charge in [0, 0.05) is 0 Å². The topological polar surface area (TPSA) is 96.6 Å². The van der Waals surface area contributed by atoms with Crippen molar-refractivity contribution in [3.8, 4) is 17.2 Å². The molecule has 1 amide bonds. The Morgan fingerprint density at radius 3 is 2.59 bits per heavy atom. The summed E-state index contributed by atoms with van der Waals surface area (Å²) >= 11 is 8.87. The SMILES string of the molecule is COc1cc(C)ccc1OCCOc1ccc(/C=C2/C(=N)N3C(SC)=NSC3=NC2=O)cc1Cl. The Labute approximate surface area is 210 Å². The first kappa shape index (κ1) is 24.2. The number of fused-ring (bicyclic) bond motifs is 1. The maximum atomic E-state index is 12.5. The molecule has 1 N–H and O–H groups in total. The number of amides is 1. The van der Waals surface area contributed by atoms with Crippen LogP contribution in [0.15, 0.2) is 51.4 Å². The van der Waals surface area contributed by atoms with Crippen LogP contribution in [0.3, 0.4) is 0 Å². The number of aryl methyl sites for hydroxylation is 1. The summed E-state index contributed by atoms with van der Waals surface area (Å²) < 4.78 is 21.1. The van der Waals surface area contributed by atoms with Crippen molar-refractivity contribution in [2.75, 3.05) is 26.6 Å². The van der Waals surface area contributed by atoms with E-state index in [-0.39, 0.29) is 18.0 Å². The summed E-state index contributed by atoms with van der Waals surface area (Å²) in [4.78, 5) is 18.1. The third kappa shape index (κ3) is 5.08. The lowest BCUT2D eigenvalue weighted by atomic mass is 10.1. The van der Waals surface area contributed by atoms with Gasteiger partial charge in [0.1, 0.15) is 24.8 Å². The highest BCUT2D eigenvalue weighted by Crippen LogP contribution is 2.32. The van der Waals surface area contributed by atoms with Crippen LogP contribution in [0.1, 0.15) is 11.1 Å². The highest BCUT2D eigenvalue weighted by Gasteiger charge is 2.36. The zero-order valence-corrected chi connectivity index (χ0v) is 21.0. The van der Waals surface area contributed by atoms with Gasteiger partial charge in [-0.3, -0.25) is 10.2 Å². The maximum Gasteiger partial charge on any atom is 0.283 e. The van der Waals surface area contributed by atoms with Crippen LogP contribution in [-0.4, -0.2) is 53.6 Å². The predicted octanol–water partition coefficient (Wildman–Crippen LogP) is 5.05. The Morgan fingerprint density at radius 2 is 1.88 bits per heavy atom. The van der Waals surface area contributed by atoms with Gasteiger partial charge in [-0.1, -0.05) is 35.5 Å². The molecule has 0 spiro atoms. The van der Waals surface area contributed by atoms with E-state index in [0.29, 0.717) is 44.8 Å². The number of hydrogen-bond donors (Lipinski definition) is 1. The number of thioether (sulfide) groups is 1. The van der Waals surface area contributed by atoms with Crippen LogP contribution in [0, 0.1) is 12.3 Å². The number of aliphatic imine (C=N–C) groups is 1. The molecule has 176 valence electrons. The van der Waals surface area contributed by atoms with Crippen molar-refractivity contribution >= 4 is 63.5 Å². The normalized spacial score (nSPS) is 16.4. The van der Waals surface area contributed by atoms with Crippen LogP contribution in [-0.2, 0) is 4.79 Å². The molecule has 0 fully saturated rings. The number of nitrogens with zero attached hydrogens (tertiary/aromatic N) is 3. The van der Waals surface area contributed by atoms with Crippen molar-refractivity contribution in [3.63, 3.8) is 0 Å². The van der Waals surface area contributed by atoms with Gasteiger partial charge in [0.15, 0.2) is 16.7 Å². The molecule has 0 saturated carbocycles. The van der Waals surface area contributed by atoms with Crippen molar-refractivity contribution in [1.82, 2.24) is 4.90 Å². The third-order valence-electron chi connectivity index (χ3n) is 4.86. The van der Waals surface area contributed by atoms with E-state index in [4.69, 9.17) is 31.2 Å². The van der Waals surface area contributed by atoms with Gasteiger partial charge in [-0.15, -0.1) is 0 Å². The minimum Gasteiger partial charge on any atom is -0.493 e. The van der Waals surface area contributed by atoms with Gasteiger partial charge < -0.3 is 14.2 Å². The van der Waals surface area contributed by atoms with Crippen molar-refractivity contribution in [2.24, 2.45) is 9.39 Å². The van der Waals surface area contributed by atoms with Crippen molar-refractivity contribution in [2.45, 2.75) is 6.92 Å². The molecular weight excluding hydrogens is 496 g/mol. The van der Waals surface area contributed by atoms with E-state index in [2.05, 4.69) is 9.39 Å². The standard InChI is InChI=1S/C23H21ClN4O4S2/c1-13-4-6-18(19(10-13)30-2)32-9-8-31-17-7-5-14(12-16(17)24)11-15-20(25)28-22(26-21(15)29)34-27-23(28)33-3/h4-7,10-12,25H,8-9H2,1-3H3/b15-11-,25-20?. The second kappa shape index (κ2) is 10.5. The summed E-state index contributed by atoms with van der Waals surface area (Å²) in [6, 6.07) is 10.9. The number of carbonyl (C=O) groups is 1. The number of benzene rings is 2. The summed E-state index contributed by atoms with van der Waals surface area (Å²) in [5.74, 6) is 1.34. The third-order valence-corrected chi connectivity index (χ3v) is 6.61. The van der Waals surface area contributed by atoms with Crippen LogP contribution >= 0.6 is 35.3 Å². The Balaban J connectivity index is 1.41. The molecule has 2 aromatic carbocycles. The van der Waals surface area contributed by atoms with E-state index >= 15 is 0 Å². The fraction of sp³-hybridized carbons (Fsp3) is 0.217. The van der Waals surface area contributed by atoms with Gasteiger partial charge in [-0.05, 0) is 54.6 Å². The molecule has 0 bridgehead atoms. The van der Waals surface area contributed by atoms with Crippen molar-refractivity contribution in [1.29, 1.82) is 5.41 Å². The average Bonchev–Trinajstić information content (AvgIpc) is 3.24. The number of carbonyl (C=O) groups excluding carboxylic acids is 1. The summed E-state index contributed by atoms with van der Waals surface area (Å²) in [6.45, 7) is 2.57. The molecule has 11 heteroatoms. The molecular formula is C23H21ClN4O4S2. The first-order valence-corrected chi connectivity index (χ1v) is 12.5. The largest absolute Gasteiger partial charge is 0.493 e. The predicted molar refractivity (Wildman–Crippen MR) is 139 cm³/mol. The van der Waals surface area contributed by atoms with Gasteiger partial charge in [0.05, 0.1) is 29.7 Å². The lowest BCUT2D eigenvalue weighted by Crippen LogP contribution is -2.41. The number of hydrogen-bond acceptors (Lipinski definition) is 8. The number of amidine groups is 3. The summed E-state index contributed by atoms with van der Waals surface area (Å²) in [6.07, 6.45) is 3.45. The van der Waals surface area contributed by atoms with Crippen LogP contribution in [0.2, 0.25) is 5.02 Å². The Kier molecular flexibility index (Phi) is 7.50. The van der Waals surface area contributed by atoms with Crippen LogP contribution in [0.5, 0.6) is 17.2 Å². The first-order valence-electron chi connectivity index (χ1n) is 10.1. The second-order valence-electron chi connectivity index (χ2n) is 7.15. The number of nitrogens with one attached hydrogen (secondary N) is 1. The molecule has 34 heavy (non-hydrogen) atoms. The van der Waals surface area contributed by atoms with E-state index in [0.717, 1.165) is 17.5 Å². The van der Waals surface area contributed by atoms with Gasteiger partial charge in [-0.25, -0.2) is 4.90 Å². The molecule has 8 nitrogen and oxygen atoms in total. The van der Waals surface area contributed by atoms with Crippen LogP contribution in [0.4, 0.5) is 0 Å². The second-order valence-corrected chi connectivity index (χ2v) is 9.06. The van der Waals surface area contributed by atoms with Gasteiger partial charge in [0.2, 0.25) is 5.17 Å². The minimum absolute atomic E-state index is 0.0354. The highest BCUT2D eigenvalue weighted by atomic mass is 35.5. The number of rotatable bonds is 7. The molecule has 2 aliphatic rings. The molecule has 0 aromatic heterocycles. The molecule has 2 aromatic rings. The maximum absolute atomic E-state index is 12.5. The Bertz CT molecular complexity index is 1250. The van der Waals surface area contributed by atoms with Gasteiger partial charge in [0.25, 0.3) is 5.91 Å². The van der Waals surface area contributed by atoms with Crippen molar-refractivity contribution in [3.05, 3.63) is 58.1 Å². The number of halogens is 1. The van der Waals surface area contributed by atoms with Crippen LogP contribution in [0.25, 0.3) is 6.08 Å². The number of methoxy groups -OCH3 is 1. The lowest BCUT2D eigenvalue weighted by molar-refractivity contribution is -0.114. The van der Waals surface area contributed by atoms with Gasteiger partial charge in [-0.2, -0.15) is 9.39 Å². The minimum atomic E-state index is -0.485. The molecule has 2 aliphatic heterocycles. The molecule has 2 heterocycles. The smallest absolute Gasteiger partial charge is 0.283 e. The van der Waals surface area contributed by atoms with Crippen molar-refractivity contribution < 1.29 is 19.0 Å². The van der Waals surface area contributed by atoms with E-state index in [1.807, 2.05) is 31.4 Å². The fourth-order valence-corrected chi connectivity index (χ4v) is 4.92. The molecule has 0 aliphatic carbocycles. The first-order chi connectivity index (χ1) is 16.4. The van der Waals surface area contributed by atoms with Gasteiger partial charge >= 0.3 is 0 Å². The monoisotopic (exact) mass is 516 g/mol. The molecule has 0 unspecified atom stereocenters. The molecule has 4 rings (SSSR count). The summed E-state index contributed by atoms with van der Waals surface area (Å²) in [5.41, 5.74) is 1.90. The average molecular weight is 517 g/mol.